The van der Waals surface area contributed by atoms with Gasteiger partial charge in [0.25, 0.3) is 0 Å². The van der Waals surface area contributed by atoms with Crippen LogP contribution in [-0.4, -0.2) is 57.4 Å². The second-order valence-electron chi connectivity index (χ2n) is 10.7. The Balaban J connectivity index is 3.40. The van der Waals surface area contributed by atoms with Gasteiger partial charge < -0.3 is 25.4 Å². The highest BCUT2D eigenvalue weighted by atomic mass is 32.1. The number of carbonyl (C=O) groups excluding carboxylic acids is 3. The van der Waals surface area contributed by atoms with Gasteiger partial charge in [-0.2, -0.15) is 12.6 Å². The van der Waals surface area contributed by atoms with E-state index in [9.17, 15) is 19.5 Å². The molecule has 1 rings (SSSR count). The maximum atomic E-state index is 13.8. The highest BCUT2D eigenvalue weighted by molar-refractivity contribution is 7.80. The lowest BCUT2D eigenvalue weighted by atomic mass is 10.00. The van der Waals surface area contributed by atoms with Crippen molar-refractivity contribution in [3.8, 4) is 5.75 Å². The molecule has 0 aliphatic rings. The van der Waals surface area contributed by atoms with Crippen molar-refractivity contribution in [2.75, 3.05) is 12.3 Å². The SMILES string of the molecule is CCCCCCN(C(=O)C(CS)NC(=O)OC(C)(C)C)C(C(=O)NC(C)(C)C)c1cccc(O)c1. The lowest BCUT2D eigenvalue weighted by Crippen LogP contribution is -2.55. The van der Waals surface area contributed by atoms with E-state index >= 15 is 0 Å². The third-order valence-corrected chi connectivity index (χ3v) is 5.32. The van der Waals surface area contributed by atoms with Crippen LogP contribution in [0.15, 0.2) is 24.3 Å². The van der Waals surface area contributed by atoms with Crippen LogP contribution in [0.1, 0.15) is 85.8 Å². The maximum absolute atomic E-state index is 13.8. The minimum Gasteiger partial charge on any atom is -0.508 e. The summed E-state index contributed by atoms with van der Waals surface area (Å²) in [5, 5.41) is 15.7. The third-order valence-electron chi connectivity index (χ3n) is 4.95. The van der Waals surface area contributed by atoms with Gasteiger partial charge in [-0.25, -0.2) is 4.79 Å². The largest absolute Gasteiger partial charge is 0.508 e. The summed E-state index contributed by atoms with van der Waals surface area (Å²) in [7, 11) is 0. The molecule has 0 heterocycles. The second kappa shape index (κ2) is 13.6. The maximum Gasteiger partial charge on any atom is 0.408 e. The van der Waals surface area contributed by atoms with E-state index in [-0.39, 0.29) is 17.4 Å². The molecule has 8 nitrogen and oxygen atoms in total. The molecule has 0 radical (unpaired) electrons. The molecule has 3 amide bonds. The molecule has 2 unspecified atom stereocenters. The first-order chi connectivity index (χ1) is 16.2. The van der Waals surface area contributed by atoms with Crippen LogP contribution < -0.4 is 10.6 Å². The van der Waals surface area contributed by atoms with Gasteiger partial charge in [0.2, 0.25) is 11.8 Å². The smallest absolute Gasteiger partial charge is 0.408 e. The predicted octanol–water partition coefficient (Wildman–Crippen LogP) is 4.58. The molecule has 2 atom stereocenters. The Kier molecular flexibility index (Phi) is 11.9. The van der Waals surface area contributed by atoms with E-state index in [1.807, 2.05) is 20.8 Å². The molecule has 0 saturated heterocycles. The van der Waals surface area contributed by atoms with Gasteiger partial charge in [0.1, 0.15) is 23.4 Å². The van der Waals surface area contributed by atoms with Crippen molar-refractivity contribution < 1.29 is 24.2 Å². The number of alkyl carbamates (subject to hydrolysis) is 1. The van der Waals surface area contributed by atoms with Crippen molar-refractivity contribution in [2.45, 2.75) is 97.4 Å². The van der Waals surface area contributed by atoms with Crippen molar-refractivity contribution in [3.05, 3.63) is 29.8 Å². The van der Waals surface area contributed by atoms with Gasteiger partial charge in [-0.3, -0.25) is 9.59 Å². The van der Waals surface area contributed by atoms with Gasteiger partial charge in [-0.15, -0.1) is 0 Å². The number of nitrogens with zero attached hydrogens (tertiary/aromatic N) is 1. The third kappa shape index (κ3) is 11.2. The lowest BCUT2D eigenvalue weighted by molar-refractivity contribution is -0.142. The molecular formula is C26H43N3O5S. The summed E-state index contributed by atoms with van der Waals surface area (Å²) < 4.78 is 5.32. The first kappa shape index (κ1) is 30.6. The monoisotopic (exact) mass is 509 g/mol. The molecule has 0 aliphatic carbocycles. The fourth-order valence-corrected chi connectivity index (χ4v) is 3.76. The van der Waals surface area contributed by atoms with Crippen LogP contribution in [0, 0.1) is 0 Å². The van der Waals surface area contributed by atoms with Gasteiger partial charge >= 0.3 is 6.09 Å². The first-order valence-electron chi connectivity index (χ1n) is 12.2. The minimum atomic E-state index is -1.00. The fourth-order valence-electron chi connectivity index (χ4n) is 3.52. The number of rotatable bonds is 11. The molecule has 1 aromatic rings. The Morgan fingerprint density at radius 1 is 1.09 bits per heavy atom. The van der Waals surface area contributed by atoms with Crippen molar-refractivity contribution in [1.82, 2.24) is 15.5 Å². The Morgan fingerprint density at radius 2 is 1.74 bits per heavy atom. The molecule has 0 aromatic heterocycles. The number of aromatic hydroxyl groups is 1. The lowest BCUT2D eigenvalue weighted by Gasteiger charge is -2.36. The molecule has 0 bridgehead atoms. The van der Waals surface area contributed by atoms with Crippen molar-refractivity contribution >= 4 is 30.5 Å². The normalized spacial score (nSPS) is 13.5. The zero-order valence-electron chi connectivity index (χ0n) is 22.2. The minimum absolute atomic E-state index is 0.00735. The number of thiol groups is 1. The Hall–Kier alpha value is -2.42. The number of phenols is 1. The molecule has 0 aliphatic heterocycles. The zero-order valence-corrected chi connectivity index (χ0v) is 23.1. The first-order valence-corrected chi connectivity index (χ1v) is 12.8. The number of benzene rings is 1. The van der Waals surface area contributed by atoms with E-state index in [2.05, 4.69) is 30.2 Å². The highest BCUT2D eigenvalue weighted by Gasteiger charge is 2.36. The second-order valence-corrected chi connectivity index (χ2v) is 11.1. The van der Waals surface area contributed by atoms with Gasteiger partial charge in [-0.1, -0.05) is 38.3 Å². The molecule has 35 heavy (non-hydrogen) atoms. The summed E-state index contributed by atoms with van der Waals surface area (Å²) >= 11 is 4.29. The van der Waals surface area contributed by atoms with E-state index in [4.69, 9.17) is 4.74 Å². The molecule has 0 saturated carbocycles. The van der Waals surface area contributed by atoms with E-state index in [1.165, 1.54) is 17.0 Å². The summed E-state index contributed by atoms with van der Waals surface area (Å²) in [5.41, 5.74) is -0.795. The van der Waals surface area contributed by atoms with E-state index in [1.54, 1.807) is 32.9 Å². The van der Waals surface area contributed by atoms with Gasteiger partial charge in [0.05, 0.1) is 0 Å². The summed E-state index contributed by atoms with van der Waals surface area (Å²) in [5.74, 6) is -0.800. The molecular weight excluding hydrogens is 466 g/mol. The van der Waals surface area contributed by atoms with Crippen molar-refractivity contribution in [3.63, 3.8) is 0 Å². The highest BCUT2D eigenvalue weighted by Crippen LogP contribution is 2.27. The molecule has 198 valence electrons. The average Bonchev–Trinajstić information content (AvgIpc) is 2.71. The van der Waals surface area contributed by atoms with Crippen LogP contribution in [-0.2, 0) is 14.3 Å². The van der Waals surface area contributed by atoms with Gasteiger partial charge in [0, 0.05) is 17.8 Å². The number of amides is 3. The number of ether oxygens (including phenoxy) is 1. The summed E-state index contributed by atoms with van der Waals surface area (Å²) in [6, 6.07) is 4.33. The standard InChI is InChI=1S/C26H43N3O5S/c1-8-9-10-11-15-29(23(32)20(17-35)27-24(33)34-26(5,6)7)21(22(31)28-25(2,3)4)18-13-12-14-19(30)16-18/h12-14,16,20-21,30,35H,8-11,15,17H2,1-7H3,(H,27,33)(H,28,31). The van der Waals surface area contributed by atoms with E-state index in [0.717, 1.165) is 19.3 Å². The quantitative estimate of drug-likeness (QED) is 0.258. The molecule has 0 spiro atoms. The Morgan fingerprint density at radius 3 is 2.26 bits per heavy atom. The van der Waals surface area contributed by atoms with Crippen LogP contribution >= 0.6 is 12.6 Å². The summed E-state index contributed by atoms with van der Waals surface area (Å²) in [6.07, 6.45) is 2.86. The fraction of sp³-hybridized carbons (Fsp3) is 0.654. The summed E-state index contributed by atoms with van der Waals surface area (Å²) in [6.45, 7) is 13.2. The van der Waals surface area contributed by atoms with Crippen molar-refractivity contribution in [1.29, 1.82) is 0 Å². The van der Waals surface area contributed by atoms with Gasteiger partial charge in [0.15, 0.2) is 0 Å². The van der Waals surface area contributed by atoms with Gasteiger partial charge in [-0.05, 0) is 65.7 Å². The number of hydrogen-bond acceptors (Lipinski definition) is 6. The number of unbranched alkanes of at least 4 members (excludes halogenated alkanes) is 3. The Bertz CT molecular complexity index is 848. The zero-order chi connectivity index (χ0) is 26.8. The van der Waals surface area contributed by atoms with Crippen LogP contribution in [0.2, 0.25) is 0 Å². The Labute approximate surface area is 215 Å². The molecule has 3 N–H and O–H groups in total. The molecule has 0 fully saturated rings. The molecule has 1 aromatic carbocycles. The number of hydrogen-bond donors (Lipinski definition) is 4. The van der Waals surface area contributed by atoms with Crippen LogP contribution in [0.25, 0.3) is 0 Å². The van der Waals surface area contributed by atoms with E-state index in [0.29, 0.717) is 18.5 Å². The number of nitrogens with one attached hydrogen (secondary N) is 2. The van der Waals surface area contributed by atoms with Crippen LogP contribution in [0.3, 0.4) is 0 Å². The van der Waals surface area contributed by atoms with Crippen LogP contribution in [0.5, 0.6) is 5.75 Å². The predicted molar refractivity (Wildman–Crippen MR) is 142 cm³/mol. The van der Waals surface area contributed by atoms with Crippen LogP contribution in [0.4, 0.5) is 4.79 Å². The number of phenolic OH excluding ortho intramolecular Hbond substituents is 1. The molecule has 9 heteroatoms. The average molecular weight is 510 g/mol. The topological polar surface area (TPSA) is 108 Å². The number of carbonyl (C=O) groups is 3. The summed E-state index contributed by atoms with van der Waals surface area (Å²) in [4.78, 5) is 41.2. The van der Waals surface area contributed by atoms with E-state index < -0.39 is 35.2 Å². The van der Waals surface area contributed by atoms with Crippen molar-refractivity contribution in [2.24, 2.45) is 0 Å².